The van der Waals surface area contributed by atoms with Crippen LogP contribution in [0.5, 0.6) is 0 Å². The van der Waals surface area contributed by atoms with Crippen molar-refractivity contribution in [2.45, 2.75) is 0 Å². The van der Waals surface area contributed by atoms with Gasteiger partial charge in [-0.05, 0) is 72.8 Å². The largest absolute Gasteiger partial charge is 2.00 e. The van der Waals surface area contributed by atoms with Gasteiger partial charge in [-0.15, -0.1) is 0 Å². The van der Waals surface area contributed by atoms with Gasteiger partial charge in [0.1, 0.15) is 0 Å². The Balaban J connectivity index is 0.000000219. The van der Waals surface area contributed by atoms with Crippen LogP contribution in [0, 0.1) is 0 Å². The van der Waals surface area contributed by atoms with E-state index in [-0.39, 0.29) is 65.5 Å². The van der Waals surface area contributed by atoms with Gasteiger partial charge < -0.3 is 60.5 Å². The van der Waals surface area contributed by atoms with Crippen LogP contribution in [0.1, 0.15) is 41.7 Å². The molecular weight excluding hydrogens is 1010 g/mol. The normalized spacial score (nSPS) is 9.94. The molecule has 0 amide bonds. The van der Waals surface area contributed by atoms with Gasteiger partial charge in [0.05, 0.1) is 92.1 Å². The Morgan fingerprint density at radius 3 is 0.968 bits per heavy atom. The Kier molecular flexibility index (Phi) is 17.5. The number of carboxylic acid groups (broad SMARTS) is 4. The number of H-pyrrole nitrogens is 2. The average molecular weight is 1030 g/mol. The molecule has 0 atom stereocenters. The van der Waals surface area contributed by atoms with E-state index in [0.717, 1.165) is 90.2 Å². The fourth-order valence-electron chi connectivity index (χ4n) is 6.03. The quantitative estimate of drug-likeness (QED) is 0.122. The number of nitrogens with one attached hydrogen (secondary N) is 2. The third kappa shape index (κ3) is 10.1. The number of pyridine rings is 6. The topological polar surface area (TPSA) is 361 Å². The van der Waals surface area contributed by atoms with Gasteiger partial charge in [0.15, 0.2) is 0 Å². The van der Waals surface area contributed by atoms with E-state index < -0.39 is 46.4 Å². The van der Waals surface area contributed by atoms with Crippen LogP contribution in [0.2, 0.25) is 0 Å². The Hall–Kier alpha value is -7.04. The van der Waals surface area contributed by atoms with Crippen LogP contribution in [0.15, 0.2) is 123 Å². The van der Waals surface area contributed by atoms with Gasteiger partial charge in [-0.2, -0.15) is 0 Å². The molecule has 0 aliphatic heterocycles. The summed E-state index contributed by atoms with van der Waals surface area (Å²) in [5, 5.41) is 45.3. The number of nitrogens with zero attached hydrogens (tertiary/aromatic N) is 8. The maximum atomic E-state index is 10.3. The zero-order valence-electron chi connectivity index (χ0n) is 32.0. The standard InChI is InChI=1S/2C13H8N4.2C7H5NO4.2Cd.2H2O/c2*1-3-8-10(14-5-1)11-9(4-2-6-15-11)13-12(8)16-7-17-13;2*9-6(10)4-2-1-3-8-5(4)7(11)12;;;;/h2*1-7H,(H,16,17);2*1-3H,(H,9,10)(H,11,12);;;2*1H2/q;;;;2*+2;;/p-2. The number of fused-ring (bicyclic) bond motifs is 12. The van der Waals surface area contributed by atoms with Crippen molar-refractivity contribution in [2.75, 3.05) is 0 Å². The number of aromatic nitrogens is 10. The smallest absolute Gasteiger partial charge is 0.545 e. The number of benzene rings is 2. The maximum Gasteiger partial charge on any atom is 2.00 e. The van der Waals surface area contributed by atoms with Crippen LogP contribution in [0.25, 0.3) is 65.7 Å². The van der Waals surface area contributed by atoms with Crippen molar-refractivity contribution in [3.63, 3.8) is 0 Å². The van der Waals surface area contributed by atoms with Gasteiger partial charge in [0, 0.05) is 69.9 Å². The first-order valence-corrected chi connectivity index (χ1v) is 16.8. The van der Waals surface area contributed by atoms with E-state index in [4.69, 9.17) is 0 Å². The van der Waals surface area contributed by atoms with Crippen LogP contribution in [-0.2, 0) is 65.5 Å². The van der Waals surface area contributed by atoms with Crippen molar-refractivity contribution >= 4 is 89.6 Å². The number of hydrogen-bond acceptors (Lipinski definition) is 16. The van der Waals surface area contributed by atoms with E-state index in [2.05, 4.69) is 49.8 Å². The molecule has 20 nitrogen and oxygen atoms in total. The van der Waals surface area contributed by atoms with Crippen LogP contribution in [-0.4, -0.2) is 73.7 Å². The number of aromatic amines is 2. The molecule has 0 fully saturated rings. The fraction of sp³-hybridized carbons (Fsp3) is 0. The Labute approximate surface area is 387 Å². The van der Waals surface area contributed by atoms with Crippen molar-refractivity contribution < 1.29 is 105 Å². The van der Waals surface area contributed by atoms with E-state index in [9.17, 15) is 39.6 Å². The van der Waals surface area contributed by atoms with Gasteiger partial charge >= 0.3 is 54.6 Å². The number of imidazole rings is 2. The van der Waals surface area contributed by atoms with E-state index in [0.29, 0.717) is 0 Å². The van der Waals surface area contributed by atoms with Crippen LogP contribution in [0.3, 0.4) is 0 Å². The van der Waals surface area contributed by atoms with Gasteiger partial charge in [-0.25, -0.2) is 9.97 Å². The first kappa shape index (κ1) is 49.3. The minimum Gasteiger partial charge on any atom is -0.545 e. The van der Waals surface area contributed by atoms with Crippen LogP contribution >= 0.6 is 0 Å². The summed E-state index contributed by atoms with van der Waals surface area (Å²) in [5.74, 6) is -6.42. The number of carbonyl (C=O) groups is 4. The Morgan fingerprint density at radius 1 is 0.371 bits per heavy atom. The summed E-state index contributed by atoms with van der Waals surface area (Å²) in [5.41, 5.74) is 5.42. The van der Waals surface area contributed by atoms with Crippen LogP contribution in [0.4, 0.5) is 0 Å². The SMILES string of the molecule is O=C([O-])c1cccnc1C(=O)[O-].O=C([O-])c1cccnc1C(=O)[O-].[Cd+2].[Cd+2].[OH3+].[OH3+].c1cnc2c(c1)c1nc[nH]c1c1cccnc12.c1cnc2c(c1)c1nc[nH]c1c1cccnc12. The summed E-state index contributed by atoms with van der Waals surface area (Å²) in [6, 6.07) is 20.6. The third-order valence-electron chi connectivity index (χ3n) is 8.45. The molecule has 8 N–H and O–H groups in total. The molecule has 8 aromatic heterocycles. The molecule has 0 aliphatic carbocycles. The fourth-order valence-corrected chi connectivity index (χ4v) is 6.03. The summed E-state index contributed by atoms with van der Waals surface area (Å²) in [6.07, 6.45) is 12.9. The zero-order chi connectivity index (χ0) is 40.8. The molecule has 0 radical (unpaired) electrons. The minimum atomic E-state index is -1.63. The molecule has 10 rings (SSSR count). The second-order valence-electron chi connectivity index (χ2n) is 11.8. The molecule has 0 unspecified atom stereocenters. The second-order valence-corrected chi connectivity index (χ2v) is 11.8. The van der Waals surface area contributed by atoms with Crippen molar-refractivity contribution in [1.29, 1.82) is 0 Å². The molecule has 0 saturated heterocycles. The molecule has 0 saturated carbocycles. The Bertz CT molecular complexity index is 2780. The first-order chi connectivity index (χ1) is 28.2. The molecule has 0 spiro atoms. The summed E-state index contributed by atoms with van der Waals surface area (Å²) >= 11 is 0. The number of carboxylic acids is 4. The molecule has 2 aromatic carbocycles. The van der Waals surface area contributed by atoms with Crippen molar-refractivity contribution in [2.24, 2.45) is 0 Å². The predicted octanol–water partition coefficient (Wildman–Crippen LogP) is -0.913. The molecule has 10 aromatic rings. The molecule has 22 heteroatoms. The Morgan fingerprint density at radius 2 is 0.661 bits per heavy atom. The summed E-state index contributed by atoms with van der Waals surface area (Å²) in [6.45, 7) is 0. The van der Waals surface area contributed by atoms with Gasteiger partial charge in [0.25, 0.3) is 0 Å². The molecular formula is C40H28Cd2N10O10+2. The monoisotopic (exact) mass is 1040 g/mol. The average Bonchev–Trinajstić information content (AvgIpc) is 3.97. The number of carbonyl (C=O) groups excluding carboxylic acids is 4. The number of aromatic carboxylic acids is 4. The van der Waals surface area contributed by atoms with E-state index >= 15 is 0 Å². The molecule has 300 valence electrons. The van der Waals surface area contributed by atoms with Gasteiger partial charge in [0.2, 0.25) is 0 Å². The van der Waals surface area contributed by atoms with E-state index in [1.54, 1.807) is 37.4 Å². The maximum absolute atomic E-state index is 10.3. The summed E-state index contributed by atoms with van der Waals surface area (Å²) < 4.78 is 0. The second kappa shape index (κ2) is 22.0. The van der Waals surface area contributed by atoms with Crippen molar-refractivity contribution in [1.82, 2.24) is 49.8 Å². The molecule has 8 heterocycles. The van der Waals surface area contributed by atoms with Crippen molar-refractivity contribution in [3.8, 4) is 0 Å². The number of hydrogen-bond donors (Lipinski definition) is 2. The summed E-state index contributed by atoms with van der Waals surface area (Å²) in [4.78, 5) is 80.5. The number of rotatable bonds is 4. The zero-order valence-corrected chi connectivity index (χ0v) is 40.0. The van der Waals surface area contributed by atoms with E-state index in [1.165, 1.54) is 12.1 Å². The molecule has 62 heavy (non-hydrogen) atoms. The minimum absolute atomic E-state index is 0. The molecule has 0 aliphatic rings. The first-order valence-electron chi connectivity index (χ1n) is 16.8. The van der Waals surface area contributed by atoms with Gasteiger partial charge in [-0.3, -0.25) is 29.9 Å². The van der Waals surface area contributed by atoms with E-state index in [1.807, 2.05) is 48.5 Å². The van der Waals surface area contributed by atoms with Crippen molar-refractivity contribution in [3.05, 3.63) is 145 Å². The van der Waals surface area contributed by atoms with Crippen LogP contribution < -0.4 is 20.4 Å². The van der Waals surface area contributed by atoms with Gasteiger partial charge in [-0.1, -0.05) is 0 Å². The summed E-state index contributed by atoms with van der Waals surface area (Å²) in [7, 11) is 0. The third-order valence-corrected chi connectivity index (χ3v) is 8.45. The molecule has 0 bridgehead atoms. The predicted molar refractivity (Wildman–Crippen MR) is 209 cm³/mol.